The topological polar surface area (TPSA) is 63.2 Å². The molecule has 20 heavy (non-hydrogen) atoms. The van der Waals surface area contributed by atoms with E-state index in [0.29, 0.717) is 10.6 Å². The zero-order chi connectivity index (χ0) is 14.6. The molecule has 1 aromatic carbocycles. The summed E-state index contributed by atoms with van der Waals surface area (Å²) in [7, 11) is -3.44. The molecule has 1 saturated carbocycles. The highest BCUT2D eigenvalue weighted by atomic mass is 35.5. The van der Waals surface area contributed by atoms with Gasteiger partial charge < -0.3 is 5.32 Å². The van der Waals surface area contributed by atoms with E-state index in [-0.39, 0.29) is 11.8 Å². The molecule has 1 fully saturated rings. The third-order valence-electron chi connectivity index (χ3n) is 3.37. The second-order valence-corrected chi connectivity index (χ2v) is 7.71. The number of halogens is 1. The van der Waals surface area contributed by atoms with Gasteiger partial charge in [-0.05, 0) is 30.5 Å². The SMILES string of the molecule is O=C(CS(=O)(=O)Cc1ccc(Cl)cc1)NC1CCCC1. The Bertz CT molecular complexity index is 563. The van der Waals surface area contributed by atoms with E-state index >= 15 is 0 Å². The normalized spacial score (nSPS) is 16.2. The molecule has 0 atom stereocenters. The van der Waals surface area contributed by atoms with Gasteiger partial charge in [0.25, 0.3) is 0 Å². The molecule has 0 aromatic heterocycles. The number of benzene rings is 1. The molecule has 1 aliphatic carbocycles. The highest BCUT2D eigenvalue weighted by Crippen LogP contribution is 2.17. The Morgan fingerprint density at radius 3 is 2.40 bits per heavy atom. The van der Waals surface area contributed by atoms with Crippen LogP contribution >= 0.6 is 11.6 Å². The lowest BCUT2D eigenvalue weighted by molar-refractivity contribution is -0.119. The monoisotopic (exact) mass is 315 g/mol. The second kappa shape index (κ2) is 6.59. The molecular formula is C14H18ClNO3S. The largest absolute Gasteiger partial charge is 0.352 e. The lowest BCUT2D eigenvalue weighted by atomic mass is 10.2. The van der Waals surface area contributed by atoms with E-state index in [4.69, 9.17) is 11.6 Å². The van der Waals surface area contributed by atoms with Gasteiger partial charge >= 0.3 is 0 Å². The summed E-state index contributed by atoms with van der Waals surface area (Å²) >= 11 is 5.75. The molecule has 1 amide bonds. The molecule has 6 heteroatoms. The minimum Gasteiger partial charge on any atom is -0.352 e. The first kappa shape index (κ1) is 15.3. The van der Waals surface area contributed by atoms with Crippen LogP contribution in [0, 0.1) is 0 Å². The lowest BCUT2D eigenvalue weighted by Crippen LogP contribution is -2.37. The number of rotatable bonds is 5. The maximum Gasteiger partial charge on any atom is 0.235 e. The van der Waals surface area contributed by atoms with Crippen molar-refractivity contribution in [2.45, 2.75) is 37.5 Å². The fourth-order valence-electron chi connectivity index (χ4n) is 2.42. The van der Waals surface area contributed by atoms with Crippen LogP contribution < -0.4 is 5.32 Å². The Hall–Kier alpha value is -1.07. The summed E-state index contributed by atoms with van der Waals surface area (Å²) in [5.74, 6) is -0.986. The van der Waals surface area contributed by atoms with Crippen LogP contribution in [0.1, 0.15) is 31.2 Å². The van der Waals surface area contributed by atoms with E-state index in [0.717, 1.165) is 25.7 Å². The number of sulfone groups is 1. The quantitative estimate of drug-likeness (QED) is 0.907. The van der Waals surface area contributed by atoms with Crippen molar-refractivity contribution in [3.05, 3.63) is 34.9 Å². The molecule has 0 heterocycles. The number of carbonyl (C=O) groups excluding carboxylic acids is 1. The Morgan fingerprint density at radius 2 is 1.80 bits per heavy atom. The van der Waals surface area contributed by atoms with Gasteiger partial charge in [-0.2, -0.15) is 0 Å². The number of carbonyl (C=O) groups is 1. The second-order valence-electron chi connectivity index (χ2n) is 5.21. The fourth-order valence-corrected chi connectivity index (χ4v) is 3.84. The minimum absolute atomic E-state index is 0.137. The summed E-state index contributed by atoms with van der Waals surface area (Å²) in [5.41, 5.74) is 0.642. The molecule has 0 radical (unpaired) electrons. The van der Waals surface area contributed by atoms with Gasteiger partial charge in [-0.25, -0.2) is 8.42 Å². The van der Waals surface area contributed by atoms with Gasteiger partial charge in [0.15, 0.2) is 9.84 Å². The van der Waals surface area contributed by atoms with Crippen LogP contribution in [0.4, 0.5) is 0 Å². The summed E-state index contributed by atoms with van der Waals surface area (Å²) in [6.07, 6.45) is 4.09. The predicted octanol–water partition coefficient (Wildman–Crippen LogP) is 2.31. The maximum atomic E-state index is 12.0. The summed E-state index contributed by atoms with van der Waals surface area (Å²) < 4.78 is 24.0. The average Bonchev–Trinajstić information content (AvgIpc) is 2.83. The van der Waals surface area contributed by atoms with Crippen molar-refractivity contribution in [3.8, 4) is 0 Å². The van der Waals surface area contributed by atoms with Crippen LogP contribution in [0.2, 0.25) is 5.02 Å². The predicted molar refractivity (Wildman–Crippen MR) is 79.3 cm³/mol. The van der Waals surface area contributed by atoms with Gasteiger partial charge in [0.05, 0.1) is 5.75 Å². The van der Waals surface area contributed by atoms with E-state index in [1.165, 1.54) is 0 Å². The molecule has 1 aliphatic rings. The number of nitrogens with one attached hydrogen (secondary N) is 1. The fraction of sp³-hybridized carbons (Fsp3) is 0.500. The Labute approximate surface area is 124 Å². The van der Waals surface area contributed by atoms with Gasteiger partial charge in [-0.3, -0.25) is 4.79 Å². The first-order valence-corrected chi connectivity index (χ1v) is 8.89. The maximum absolute atomic E-state index is 12.0. The molecule has 1 N–H and O–H groups in total. The summed E-state index contributed by atoms with van der Waals surface area (Å²) in [6.45, 7) is 0. The number of hydrogen-bond acceptors (Lipinski definition) is 3. The first-order valence-electron chi connectivity index (χ1n) is 6.69. The van der Waals surface area contributed by atoms with Gasteiger partial charge in [0.1, 0.15) is 5.75 Å². The molecule has 0 saturated heterocycles. The van der Waals surface area contributed by atoms with E-state index < -0.39 is 21.5 Å². The van der Waals surface area contributed by atoms with Gasteiger partial charge in [-0.15, -0.1) is 0 Å². The molecule has 0 bridgehead atoms. The Balaban J connectivity index is 1.89. The van der Waals surface area contributed by atoms with Crippen LogP contribution in [0.25, 0.3) is 0 Å². The van der Waals surface area contributed by atoms with Gasteiger partial charge in [-0.1, -0.05) is 36.6 Å². The van der Waals surface area contributed by atoms with E-state index in [1.807, 2.05) is 0 Å². The van der Waals surface area contributed by atoms with Crippen molar-refractivity contribution in [2.24, 2.45) is 0 Å². The Morgan fingerprint density at radius 1 is 1.20 bits per heavy atom. The van der Waals surface area contributed by atoms with Crippen LogP contribution in [-0.2, 0) is 20.4 Å². The van der Waals surface area contributed by atoms with Crippen LogP contribution in [0.3, 0.4) is 0 Å². The molecule has 0 spiro atoms. The van der Waals surface area contributed by atoms with Gasteiger partial charge in [0, 0.05) is 11.1 Å². The van der Waals surface area contributed by atoms with Crippen LogP contribution in [0.5, 0.6) is 0 Å². The van der Waals surface area contributed by atoms with E-state index in [2.05, 4.69) is 5.32 Å². The van der Waals surface area contributed by atoms with Crippen molar-refractivity contribution in [2.75, 3.05) is 5.75 Å². The van der Waals surface area contributed by atoms with Crippen molar-refractivity contribution in [1.82, 2.24) is 5.32 Å². The average molecular weight is 316 g/mol. The Kier molecular flexibility index (Phi) is 5.05. The molecule has 4 nitrogen and oxygen atoms in total. The van der Waals surface area contributed by atoms with Gasteiger partial charge in [0.2, 0.25) is 5.91 Å². The van der Waals surface area contributed by atoms with Crippen molar-refractivity contribution in [3.63, 3.8) is 0 Å². The highest BCUT2D eigenvalue weighted by Gasteiger charge is 2.21. The minimum atomic E-state index is -3.44. The van der Waals surface area contributed by atoms with Crippen LogP contribution in [0.15, 0.2) is 24.3 Å². The summed E-state index contributed by atoms with van der Waals surface area (Å²) in [5, 5.41) is 3.35. The highest BCUT2D eigenvalue weighted by molar-refractivity contribution is 7.91. The smallest absolute Gasteiger partial charge is 0.235 e. The molecule has 1 aromatic rings. The first-order chi connectivity index (χ1) is 9.44. The van der Waals surface area contributed by atoms with E-state index in [1.54, 1.807) is 24.3 Å². The third-order valence-corrected chi connectivity index (χ3v) is 5.10. The molecule has 2 rings (SSSR count). The number of amides is 1. The zero-order valence-electron chi connectivity index (χ0n) is 11.1. The summed E-state index contributed by atoms with van der Waals surface area (Å²) in [4.78, 5) is 11.7. The standard InChI is InChI=1S/C14H18ClNO3S/c15-12-7-5-11(6-8-12)9-20(18,19)10-14(17)16-13-3-1-2-4-13/h5-8,13H,1-4,9-10H2,(H,16,17). The van der Waals surface area contributed by atoms with Crippen molar-refractivity contribution < 1.29 is 13.2 Å². The molecular weight excluding hydrogens is 298 g/mol. The molecule has 110 valence electrons. The van der Waals surface area contributed by atoms with Crippen molar-refractivity contribution >= 4 is 27.3 Å². The van der Waals surface area contributed by atoms with Crippen molar-refractivity contribution in [1.29, 1.82) is 0 Å². The third kappa shape index (κ3) is 4.80. The number of hydrogen-bond donors (Lipinski definition) is 1. The van der Waals surface area contributed by atoms with Crippen LogP contribution in [-0.4, -0.2) is 26.1 Å². The molecule has 0 unspecified atom stereocenters. The summed E-state index contributed by atoms with van der Waals surface area (Å²) in [6, 6.07) is 6.76. The zero-order valence-corrected chi connectivity index (χ0v) is 12.7. The molecule has 0 aliphatic heterocycles. The lowest BCUT2D eigenvalue weighted by Gasteiger charge is -2.12. The van der Waals surface area contributed by atoms with E-state index in [9.17, 15) is 13.2 Å².